The normalized spacial score (nSPS) is 22.3. The Labute approximate surface area is 194 Å². The Hall–Kier alpha value is -1.12. The van der Waals surface area contributed by atoms with Crippen molar-refractivity contribution in [2.24, 2.45) is 4.99 Å². The number of thioether (sulfide) groups is 1. The number of amidine groups is 1. The van der Waals surface area contributed by atoms with Gasteiger partial charge in [-0.15, -0.1) is 0 Å². The van der Waals surface area contributed by atoms with Crippen molar-refractivity contribution in [1.82, 2.24) is 4.90 Å². The van der Waals surface area contributed by atoms with Crippen LogP contribution in [0.15, 0.2) is 17.1 Å². The largest absolute Gasteiger partial charge is 0.490 e. The number of rotatable bonds is 2. The van der Waals surface area contributed by atoms with Gasteiger partial charge in [-0.25, -0.2) is 9.79 Å². The molecule has 0 amide bonds. The second kappa shape index (κ2) is 9.79. The SMILES string of the molecule is Cc1c(N=C2SCC3(CCCC3)N2C2CCCC2)ccc(Cl)c1Cl.O=C(O)C(F)(F)F. The maximum Gasteiger partial charge on any atom is 0.490 e. The first-order chi connectivity index (χ1) is 14.5. The summed E-state index contributed by atoms with van der Waals surface area (Å²) in [6.45, 7) is 2.01. The number of nitrogens with zero attached hydrogens (tertiary/aromatic N) is 2. The number of hydrogen-bond acceptors (Lipinski definition) is 3. The van der Waals surface area contributed by atoms with Gasteiger partial charge in [0.2, 0.25) is 0 Å². The molecule has 0 bridgehead atoms. The molecule has 31 heavy (non-hydrogen) atoms. The van der Waals surface area contributed by atoms with E-state index in [1.807, 2.05) is 30.8 Å². The molecule has 2 aliphatic carbocycles. The second-order valence-electron chi connectivity index (χ2n) is 8.23. The summed E-state index contributed by atoms with van der Waals surface area (Å²) in [5.74, 6) is -1.56. The Morgan fingerprint density at radius 2 is 1.77 bits per heavy atom. The molecular weight excluding hydrogens is 472 g/mol. The summed E-state index contributed by atoms with van der Waals surface area (Å²) in [5.41, 5.74) is 2.31. The lowest BCUT2D eigenvalue weighted by Crippen LogP contribution is -2.50. The van der Waals surface area contributed by atoms with E-state index < -0.39 is 12.1 Å². The van der Waals surface area contributed by atoms with Gasteiger partial charge < -0.3 is 10.0 Å². The van der Waals surface area contributed by atoms with Crippen LogP contribution in [0.1, 0.15) is 56.9 Å². The predicted molar refractivity (Wildman–Crippen MR) is 120 cm³/mol. The first kappa shape index (κ1) is 24.5. The molecule has 0 unspecified atom stereocenters. The molecule has 2 saturated carbocycles. The van der Waals surface area contributed by atoms with Gasteiger partial charge >= 0.3 is 12.1 Å². The zero-order valence-corrected chi connectivity index (χ0v) is 19.5. The number of carboxylic acid groups (broad SMARTS) is 1. The Morgan fingerprint density at radius 3 is 2.32 bits per heavy atom. The van der Waals surface area contributed by atoms with Crippen LogP contribution in [0.3, 0.4) is 0 Å². The quantitative estimate of drug-likeness (QED) is 0.469. The maximum absolute atomic E-state index is 10.6. The predicted octanol–water partition coefficient (Wildman–Crippen LogP) is 7.23. The van der Waals surface area contributed by atoms with Crippen LogP contribution in [0.2, 0.25) is 10.0 Å². The Balaban J connectivity index is 0.000000339. The lowest BCUT2D eigenvalue weighted by Gasteiger charge is -2.40. The highest BCUT2D eigenvalue weighted by atomic mass is 35.5. The third kappa shape index (κ3) is 5.45. The molecule has 4 rings (SSSR count). The fourth-order valence-corrected chi connectivity index (χ4v) is 6.45. The summed E-state index contributed by atoms with van der Waals surface area (Å²) in [6, 6.07) is 4.55. The van der Waals surface area contributed by atoms with E-state index in [9.17, 15) is 13.2 Å². The highest BCUT2D eigenvalue weighted by Crippen LogP contribution is 2.48. The van der Waals surface area contributed by atoms with Gasteiger partial charge in [-0.3, -0.25) is 0 Å². The molecule has 3 fully saturated rings. The fraction of sp³-hybridized carbons (Fsp3) is 0.619. The average Bonchev–Trinajstić information content (AvgIpc) is 3.45. The van der Waals surface area contributed by atoms with Gasteiger partial charge in [0.1, 0.15) is 0 Å². The van der Waals surface area contributed by atoms with Crippen molar-refractivity contribution in [3.63, 3.8) is 0 Å². The second-order valence-corrected chi connectivity index (χ2v) is 9.96. The third-order valence-corrected chi connectivity index (χ3v) is 8.31. The van der Waals surface area contributed by atoms with Crippen molar-refractivity contribution < 1.29 is 23.1 Å². The summed E-state index contributed by atoms with van der Waals surface area (Å²) in [5, 5.41) is 9.58. The standard InChI is InChI=1S/C19H24Cl2N2S.C2HF3O2/c1-13-16(9-8-15(20)17(13)21)22-18-23(14-6-2-3-7-14)19(12-24-18)10-4-5-11-19;3-2(4,5)1(6)7/h8-9,14H,2-7,10-12H2,1H3;(H,6,7). The number of carboxylic acids is 1. The van der Waals surface area contributed by atoms with Crippen molar-refractivity contribution in [2.45, 2.75) is 76.0 Å². The van der Waals surface area contributed by atoms with Crippen molar-refractivity contribution in [1.29, 1.82) is 0 Å². The number of aliphatic imine (C=N–C) groups is 1. The molecule has 3 aliphatic rings. The van der Waals surface area contributed by atoms with Gasteiger partial charge in [0, 0.05) is 11.8 Å². The topological polar surface area (TPSA) is 52.9 Å². The molecule has 1 aromatic rings. The molecule has 1 N–H and O–H groups in total. The molecule has 1 heterocycles. The van der Waals surface area contributed by atoms with Crippen LogP contribution >= 0.6 is 35.0 Å². The van der Waals surface area contributed by atoms with Crippen molar-refractivity contribution in [3.05, 3.63) is 27.7 Å². The van der Waals surface area contributed by atoms with E-state index in [2.05, 4.69) is 4.90 Å². The number of hydrogen-bond donors (Lipinski definition) is 1. The first-order valence-corrected chi connectivity index (χ1v) is 12.0. The van der Waals surface area contributed by atoms with E-state index >= 15 is 0 Å². The van der Waals surface area contributed by atoms with Crippen LogP contribution < -0.4 is 0 Å². The zero-order chi connectivity index (χ0) is 22.8. The van der Waals surface area contributed by atoms with Crippen LogP contribution in [0.4, 0.5) is 18.9 Å². The van der Waals surface area contributed by atoms with E-state index in [4.69, 9.17) is 38.1 Å². The summed E-state index contributed by atoms with van der Waals surface area (Å²) >= 11 is 14.4. The van der Waals surface area contributed by atoms with Gasteiger partial charge in [-0.1, -0.05) is 60.6 Å². The van der Waals surface area contributed by atoms with Gasteiger partial charge in [0.25, 0.3) is 0 Å². The molecule has 1 aromatic carbocycles. The van der Waals surface area contributed by atoms with Crippen LogP contribution in [-0.2, 0) is 4.79 Å². The summed E-state index contributed by atoms with van der Waals surface area (Å²) < 4.78 is 31.7. The number of alkyl halides is 3. The number of benzene rings is 1. The number of carbonyl (C=O) groups is 1. The third-order valence-electron chi connectivity index (χ3n) is 6.18. The molecule has 1 aliphatic heterocycles. The van der Waals surface area contributed by atoms with E-state index in [1.165, 1.54) is 62.3 Å². The monoisotopic (exact) mass is 496 g/mol. The molecule has 0 atom stereocenters. The highest BCUT2D eigenvalue weighted by molar-refractivity contribution is 8.14. The minimum Gasteiger partial charge on any atom is -0.475 e. The molecule has 0 aromatic heterocycles. The average molecular weight is 497 g/mol. The molecule has 4 nitrogen and oxygen atoms in total. The molecular formula is C21H25Cl2F3N2O2S. The Morgan fingerprint density at radius 1 is 1.19 bits per heavy atom. The number of aliphatic carboxylic acids is 1. The minimum absolute atomic E-state index is 0.364. The molecule has 10 heteroatoms. The lowest BCUT2D eigenvalue weighted by molar-refractivity contribution is -0.192. The van der Waals surface area contributed by atoms with Crippen LogP contribution in [-0.4, -0.2) is 44.7 Å². The first-order valence-electron chi connectivity index (χ1n) is 10.3. The van der Waals surface area contributed by atoms with Gasteiger partial charge in [0.15, 0.2) is 5.17 Å². The Kier molecular flexibility index (Phi) is 7.75. The maximum atomic E-state index is 10.6. The molecule has 172 valence electrons. The van der Waals surface area contributed by atoms with E-state index in [0.717, 1.165) is 11.3 Å². The van der Waals surface area contributed by atoms with E-state index in [1.54, 1.807) is 0 Å². The van der Waals surface area contributed by atoms with Crippen molar-refractivity contribution in [3.8, 4) is 0 Å². The van der Waals surface area contributed by atoms with Crippen molar-refractivity contribution in [2.75, 3.05) is 5.75 Å². The van der Waals surface area contributed by atoms with Gasteiger partial charge in [-0.05, 0) is 50.3 Å². The molecule has 1 spiro atoms. The van der Waals surface area contributed by atoms with Gasteiger partial charge in [0.05, 0.1) is 21.3 Å². The summed E-state index contributed by atoms with van der Waals surface area (Å²) in [7, 11) is 0. The number of halogens is 5. The highest BCUT2D eigenvalue weighted by Gasteiger charge is 2.49. The summed E-state index contributed by atoms with van der Waals surface area (Å²) in [6.07, 6.45) is 5.67. The van der Waals surface area contributed by atoms with E-state index in [0.29, 0.717) is 21.6 Å². The lowest BCUT2D eigenvalue weighted by atomic mass is 9.95. The van der Waals surface area contributed by atoms with Gasteiger partial charge in [-0.2, -0.15) is 13.2 Å². The van der Waals surface area contributed by atoms with Crippen LogP contribution in [0.25, 0.3) is 0 Å². The van der Waals surface area contributed by atoms with Crippen LogP contribution in [0, 0.1) is 6.92 Å². The zero-order valence-electron chi connectivity index (χ0n) is 17.1. The smallest absolute Gasteiger partial charge is 0.475 e. The van der Waals surface area contributed by atoms with Crippen LogP contribution in [0.5, 0.6) is 0 Å². The Bertz CT molecular complexity index is 852. The molecule has 1 saturated heterocycles. The van der Waals surface area contributed by atoms with E-state index in [-0.39, 0.29) is 0 Å². The molecule has 0 radical (unpaired) electrons. The van der Waals surface area contributed by atoms with Crippen molar-refractivity contribution >= 4 is 51.8 Å². The fourth-order valence-electron chi connectivity index (χ4n) is 4.62. The minimum atomic E-state index is -5.08. The summed E-state index contributed by atoms with van der Waals surface area (Å²) in [4.78, 5) is 16.7.